The Hall–Kier alpha value is -1.42. The number of nitrogen functional groups attached to an aromatic ring is 1. The molecule has 0 amide bonds. The molecule has 1 aliphatic carbocycles. The molecule has 112 valence electrons. The van der Waals surface area contributed by atoms with Crippen molar-refractivity contribution < 1.29 is 0 Å². The minimum atomic E-state index is 0.569. The van der Waals surface area contributed by atoms with E-state index in [0.29, 0.717) is 6.04 Å². The number of aromatic nitrogens is 1. The van der Waals surface area contributed by atoms with Gasteiger partial charge in [0.2, 0.25) is 0 Å². The van der Waals surface area contributed by atoms with Crippen LogP contribution >= 0.6 is 11.8 Å². The standard InChI is InChI=1S/C17H23N3S/c1-11-9-17(15-10-12(18)3-8-16(15)19-11)20-13-4-6-14(21-2)7-5-13/h3,8-10,13-14H,4-7,18H2,1-2H3,(H,19,20). The van der Waals surface area contributed by atoms with Crippen LogP contribution in [0.3, 0.4) is 0 Å². The van der Waals surface area contributed by atoms with Crippen molar-refractivity contribution >= 4 is 34.0 Å². The molecule has 21 heavy (non-hydrogen) atoms. The smallest absolute Gasteiger partial charge is 0.0727 e. The van der Waals surface area contributed by atoms with Gasteiger partial charge in [-0.2, -0.15) is 11.8 Å². The summed E-state index contributed by atoms with van der Waals surface area (Å²) in [6.07, 6.45) is 7.33. The highest BCUT2D eigenvalue weighted by Gasteiger charge is 2.20. The number of rotatable bonds is 3. The average molecular weight is 301 g/mol. The highest BCUT2D eigenvalue weighted by atomic mass is 32.2. The number of pyridine rings is 1. The molecule has 0 saturated heterocycles. The first-order valence-electron chi connectivity index (χ1n) is 7.62. The summed E-state index contributed by atoms with van der Waals surface area (Å²) in [6, 6.07) is 8.66. The van der Waals surface area contributed by atoms with E-state index in [1.54, 1.807) is 0 Å². The molecular formula is C17H23N3S. The van der Waals surface area contributed by atoms with Crippen molar-refractivity contribution in [3.05, 3.63) is 30.0 Å². The lowest BCUT2D eigenvalue weighted by molar-refractivity contribution is 0.473. The van der Waals surface area contributed by atoms with Crippen LogP contribution in [-0.2, 0) is 0 Å². The molecular weight excluding hydrogens is 278 g/mol. The second-order valence-corrected chi connectivity index (χ2v) is 7.08. The monoisotopic (exact) mass is 301 g/mol. The summed E-state index contributed by atoms with van der Waals surface area (Å²) in [5.41, 5.74) is 9.98. The maximum Gasteiger partial charge on any atom is 0.0727 e. The Bertz CT molecular complexity index is 633. The maximum atomic E-state index is 5.94. The number of anilines is 2. The third-order valence-electron chi connectivity index (χ3n) is 4.33. The van der Waals surface area contributed by atoms with Gasteiger partial charge in [-0.25, -0.2) is 0 Å². The zero-order valence-corrected chi connectivity index (χ0v) is 13.5. The zero-order chi connectivity index (χ0) is 14.8. The number of benzene rings is 1. The summed E-state index contributed by atoms with van der Waals surface area (Å²) >= 11 is 2.01. The Labute approximate surface area is 130 Å². The van der Waals surface area contributed by atoms with E-state index in [2.05, 4.69) is 22.6 Å². The van der Waals surface area contributed by atoms with E-state index in [4.69, 9.17) is 5.73 Å². The lowest BCUT2D eigenvalue weighted by atomic mass is 9.94. The lowest BCUT2D eigenvalue weighted by Gasteiger charge is -2.29. The van der Waals surface area contributed by atoms with Crippen LogP contribution in [0, 0.1) is 6.92 Å². The van der Waals surface area contributed by atoms with Crippen molar-refractivity contribution in [3.8, 4) is 0 Å². The largest absolute Gasteiger partial charge is 0.399 e. The molecule has 1 saturated carbocycles. The quantitative estimate of drug-likeness (QED) is 0.834. The number of hydrogen-bond acceptors (Lipinski definition) is 4. The van der Waals surface area contributed by atoms with E-state index >= 15 is 0 Å². The van der Waals surface area contributed by atoms with Crippen molar-refractivity contribution in [2.24, 2.45) is 0 Å². The van der Waals surface area contributed by atoms with Gasteiger partial charge in [-0.3, -0.25) is 4.98 Å². The maximum absolute atomic E-state index is 5.94. The fraction of sp³-hybridized carbons (Fsp3) is 0.471. The van der Waals surface area contributed by atoms with Crippen molar-refractivity contribution in [2.75, 3.05) is 17.3 Å². The molecule has 3 N–H and O–H groups in total. The van der Waals surface area contributed by atoms with Crippen molar-refractivity contribution in [3.63, 3.8) is 0 Å². The van der Waals surface area contributed by atoms with Gasteiger partial charge in [-0.1, -0.05) is 0 Å². The topological polar surface area (TPSA) is 50.9 Å². The fourth-order valence-electron chi connectivity index (χ4n) is 3.16. The van der Waals surface area contributed by atoms with Crippen LogP contribution in [0.4, 0.5) is 11.4 Å². The predicted molar refractivity (Wildman–Crippen MR) is 94.1 cm³/mol. The molecule has 1 fully saturated rings. The lowest BCUT2D eigenvalue weighted by Crippen LogP contribution is -2.27. The first kappa shape index (κ1) is 14.5. The minimum absolute atomic E-state index is 0.569. The molecule has 0 unspecified atom stereocenters. The predicted octanol–water partition coefficient (Wildman–Crippen LogP) is 4.21. The molecule has 3 nitrogen and oxygen atoms in total. The summed E-state index contributed by atoms with van der Waals surface area (Å²) in [6.45, 7) is 2.05. The molecule has 4 heteroatoms. The molecule has 3 rings (SSSR count). The van der Waals surface area contributed by atoms with E-state index in [9.17, 15) is 0 Å². The third kappa shape index (κ3) is 3.26. The number of hydrogen-bond donors (Lipinski definition) is 2. The Morgan fingerprint density at radius 3 is 2.67 bits per heavy atom. The van der Waals surface area contributed by atoms with Gasteiger partial charge in [0.1, 0.15) is 0 Å². The Balaban J connectivity index is 1.85. The van der Waals surface area contributed by atoms with E-state index in [1.807, 2.05) is 36.9 Å². The molecule has 0 bridgehead atoms. The van der Waals surface area contributed by atoms with Gasteiger partial charge >= 0.3 is 0 Å². The number of nitrogens with one attached hydrogen (secondary N) is 1. The van der Waals surface area contributed by atoms with Crippen molar-refractivity contribution in [2.45, 2.75) is 43.9 Å². The minimum Gasteiger partial charge on any atom is -0.399 e. The highest BCUT2D eigenvalue weighted by Crippen LogP contribution is 2.31. The van der Waals surface area contributed by atoms with Gasteiger partial charge in [0.05, 0.1) is 5.52 Å². The molecule has 0 spiro atoms. The normalized spacial score (nSPS) is 22.4. The van der Waals surface area contributed by atoms with Gasteiger partial charge in [0.15, 0.2) is 0 Å². The number of aryl methyl sites for hydroxylation is 1. The Kier molecular flexibility index (Phi) is 4.24. The first-order valence-corrected chi connectivity index (χ1v) is 8.90. The van der Waals surface area contributed by atoms with Crippen LogP contribution in [0.2, 0.25) is 0 Å². The van der Waals surface area contributed by atoms with E-state index in [1.165, 1.54) is 31.4 Å². The molecule has 0 radical (unpaired) electrons. The molecule has 0 atom stereocenters. The van der Waals surface area contributed by atoms with Crippen LogP contribution in [0.15, 0.2) is 24.3 Å². The molecule has 1 aromatic heterocycles. The van der Waals surface area contributed by atoms with Crippen LogP contribution in [-0.4, -0.2) is 22.5 Å². The van der Waals surface area contributed by atoms with E-state index in [-0.39, 0.29) is 0 Å². The summed E-state index contributed by atoms with van der Waals surface area (Å²) in [5.74, 6) is 0. The van der Waals surface area contributed by atoms with Crippen LogP contribution in [0.1, 0.15) is 31.4 Å². The summed E-state index contributed by atoms with van der Waals surface area (Å²) in [4.78, 5) is 4.60. The number of fused-ring (bicyclic) bond motifs is 1. The Morgan fingerprint density at radius 1 is 1.19 bits per heavy atom. The SMILES string of the molecule is CSC1CCC(Nc2cc(C)nc3ccc(N)cc23)CC1. The zero-order valence-electron chi connectivity index (χ0n) is 12.7. The second-order valence-electron chi connectivity index (χ2n) is 5.94. The van der Waals surface area contributed by atoms with Gasteiger partial charge < -0.3 is 11.1 Å². The second kappa shape index (κ2) is 6.14. The van der Waals surface area contributed by atoms with Crippen LogP contribution < -0.4 is 11.1 Å². The third-order valence-corrected chi connectivity index (χ3v) is 5.47. The Morgan fingerprint density at radius 2 is 1.95 bits per heavy atom. The average Bonchev–Trinajstić information content (AvgIpc) is 2.49. The number of nitrogens with two attached hydrogens (primary N) is 1. The summed E-state index contributed by atoms with van der Waals surface area (Å²) in [5, 5.41) is 5.71. The first-order chi connectivity index (χ1) is 10.2. The molecule has 0 aliphatic heterocycles. The number of thioether (sulfide) groups is 1. The van der Waals surface area contributed by atoms with Gasteiger partial charge in [0.25, 0.3) is 0 Å². The fourth-order valence-corrected chi connectivity index (χ4v) is 3.90. The summed E-state index contributed by atoms with van der Waals surface area (Å²) in [7, 11) is 0. The van der Waals surface area contributed by atoms with E-state index < -0.39 is 0 Å². The van der Waals surface area contributed by atoms with Crippen molar-refractivity contribution in [1.82, 2.24) is 4.98 Å². The highest BCUT2D eigenvalue weighted by molar-refractivity contribution is 7.99. The molecule has 1 aromatic carbocycles. The van der Waals surface area contributed by atoms with Gasteiger partial charge in [0, 0.05) is 33.7 Å². The van der Waals surface area contributed by atoms with Crippen molar-refractivity contribution in [1.29, 1.82) is 0 Å². The number of nitrogens with zero attached hydrogens (tertiary/aromatic N) is 1. The summed E-state index contributed by atoms with van der Waals surface area (Å²) < 4.78 is 0. The molecule has 1 heterocycles. The van der Waals surface area contributed by atoms with Crippen LogP contribution in [0.25, 0.3) is 10.9 Å². The molecule has 1 aliphatic rings. The molecule has 2 aromatic rings. The van der Waals surface area contributed by atoms with Gasteiger partial charge in [-0.05, 0) is 63.1 Å². The van der Waals surface area contributed by atoms with Crippen LogP contribution in [0.5, 0.6) is 0 Å². The van der Waals surface area contributed by atoms with E-state index in [0.717, 1.165) is 27.5 Å². The van der Waals surface area contributed by atoms with Gasteiger partial charge in [-0.15, -0.1) is 0 Å².